The van der Waals surface area contributed by atoms with Gasteiger partial charge in [-0.2, -0.15) is 11.3 Å². The second-order valence-electron chi connectivity index (χ2n) is 6.18. The van der Waals surface area contributed by atoms with Gasteiger partial charge in [-0.05, 0) is 53.9 Å². The van der Waals surface area contributed by atoms with Gasteiger partial charge in [-0.15, -0.1) is 0 Å². The van der Waals surface area contributed by atoms with E-state index in [0.29, 0.717) is 17.0 Å². The Morgan fingerprint density at radius 2 is 2.15 bits per heavy atom. The van der Waals surface area contributed by atoms with Gasteiger partial charge in [-0.25, -0.2) is 9.59 Å². The van der Waals surface area contributed by atoms with Gasteiger partial charge in [0.15, 0.2) is 0 Å². The van der Waals surface area contributed by atoms with Crippen LogP contribution in [-0.2, 0) is 9.53 Å². The molecule has 1 N–H and O–H groups in total. The van der Waals surface area contributed by atoms with Crippen molar-refractivity contribution in [1.29, 1.82) is 0 Å². The molecule has 0 saturated carbocycles. The van der Waals surface area contributed by atoms with Crippen molar-refractivity contribution < 1.29 is 19.1 Å². The summed E-state index contributed by atoms with van der Waals surface area (Å²) in [5.41, 5.74) is 2.80. The molecule has 6 nitrogen and oxygen atoms in total. The first-order chi connectivity index (χ1) is 13.0. The Kier molecular flexibility index (Phi) is 5.81. The Balaban J connectivity index is 1.99. The Bertz CT molecular complexity index is 861. The molecule has 2 heterocycles. The average molecular weight is 386 g/mol. The molecular formula is C20H22N2O4S. The van der Waals surface area contributed by atoms with Crippen molar-refractivity contribution in [2.24, 2.45) is 0 Å². The van der Waals surface area contributed by atoms with E-state index in [-0.39, 0.29) is 19.2 Å². The Labute approximate surface area is 162 Å². The zero-order valence-electron chi connectivity index (χ0n) is 15.5. The molecule has 0 saturated heterocycles. The SMILES string of the molecule is CCOC(=O)C1=C(COc2cccc(C)c2)N(C)C(=O)N[C@H]1c1ccsc1. The fourth-order valence-corrected chi connectivity index (χ4v) is 3.61. The number of esters is 1. The van der Waals surface area contributed by atoms with Gasteiger partial charge in [-0.3, -0.25) is 4.90 Å². The summed E-state index contributed by atoms with van der Waals surface area (Å²) in [7, 11) is 1.62. The van der Waals surface area contributed by atoms with Gasteiger partial charge < -0.3 is 14.8 Å². The molecule has 3 rings (SSSR count). The number of urea groups is 1. The normalized spacial score (nSPS) is 16.9. The molecule has 0 spiro atoms. The van der Waals surface area contributed by atoms with E-state index in [9.17, 15) is 9.59 Å². The maximum absolute atomic E-state index is 12.7. The monoisotopic (exact) mass is 386 g/mol. The third-order valence-electron chi connectivity index (χ3n) is 4.31. The van der Waals surface area contributed by atoms with E-state index in [1.54, 1.807) is 14.0 Å². The highest BCUT2D eigenvalue weighted by Crippen LogP contribution is 2.32. The van der Waals surface area contributed by atoms with Crippen molar-refractivity contribution in [1.82, 2.24) is 10.2 Å². The van der Waals surface area contributed by atoms with E-state index < -0.39 is 12.0 Å². The molecule has 1 atom stereocenters. The van der Waals surface area contributed by atoms with Crippen LogP contribution in [0.15, 0.2) is 52.4 Å². The fourth-order valence-electron chi connectivity index (χ4n) is 2.93. The molecule has 1 aromatic heterocycles. The zero-order chi connectivity index (χ0) is 19.4. The van der Waals surface area contributed by atoms with E-state index >= 15 is 0 Å². The molecule has 2 aromatic rings. The van der Waals surface area contributed by atoms with Crippen molar-refractivity contribution in [3.63, 3.8) is 0 Å². The van der Waals surface area contributed by atoms with Gasteiger partial charge in [0.2, 0.25) is 0 Å². The van der Waals surface area contributed by atoms with Crippen LogP contribution >= 0.6 is 11.3 Å². The zero-order valence-corrected chi connectivity index (χ0v) is 16.3. The molecule has 2 amide bonds. The second-order valence-corrected chi connectivity index (χ2v) is 6.96. The summed E-state index contributed by atoms with van der Waals surface area (Å²) in [5.74, 6) is 0.223. The van der Waals surface area contributed by atoms with Crippen LogP contribution in [0.25, 0.3) is 0 Å². The quantitative estimate of drug-likeness (QED) is 0.770. The predicted octanol–water partition coefficient (Wildman–Crippen LogP) is 3.65. The van der Waals surface area contributed by atoms with E-state index in [1.807, 2.05) is 48.0 Å². The summed E-state index contributed by atoms with van der Waals surface area (Å²) in [5, 5.41) is 6.69. The number of carbonyl (C=O) groups excluding carboxylic acids is 2. The third-order valence-corrected chi connectivity index (χ3v) is 5.02. The molecule has 1 aromatic carbocycles. The van der Waals surface area contributed by atoms with Gasteiger partial charge in [0.1, 0.15) is 12.4 Å². The number of nitrogens with zero attached hydrogens (tertiary/aromatic N) is 1. The lowest BCUT2D eigenvalue weighted by Crippen LogP contribution is -2.48. The number of benzene rings is 1. The van der Waals surface area contributed by atoms with Crippen molar-refractivity contribution in [3.8, 4) is 5.75 Å². The molecule has 1 aliphatic rings. The van der Waals surface area contributed by atoms with Gasteiger partial charge >= 0.3 is 12.0 Å². The number of ether oxygens (including phenoxy) is 2. The number of thiophene rings is 1. The summed E-state index contributed by atoms with van der Waals surface area (Å²) >= 11 is 1.50. The summed E-state index contributed by atoms with van der Waals surface area (Å²) < 4.78 is 11.2. The molecule has 7 heteroatoms. The molecule has 142 valence electrons. The average Bonchev–Trinajstić information content (AvgIpc) is 3.17. The van der Waals surface area contributed by atoms with Crippen molar-refractivity contribution in [2.75, 3.05) is 20.3 Å². The summed E-state index contributed by atoms with van der Waals surface area (Å²) in [6.07, 6.45) is 0. The Hall–Kier alpha value is -2.80. The molecule has 1 aliphatic heterocycles. The lowest BCUT2D eigenvalue weighted by Gasteiger charge is -2.34. The number of rotatable bonds is 6. The number of amides is 2. The molecule has 0 unspecified atom stereocenters. The van der Waals surface area contributed by atoms with Gasteiger partial charge in [0.05, 0.1) is 23.9 Å². The van der Waals surface area contributed by atoms with E-state index in [0.717, 1.165) is 11.1 Å². The van der Waals surface area contributed by atoms with Gasteiger partial charge in [-0.1, -0.05) is 12.1 Å². The topological polar surface area (TPSA) is 67.9 Å². The number of likely N-dealkylation sites (N-methyl/N-ethyl adjacent to an activating group) is 1. The number of hydrogen-bond donors (Lipinski definition) is 1. The standard InChI is InChI=1S/C20H22N2O4S/c1-4-25-19(23)17-16(11-26-15-7-5-6-13(2)10-15)22(3)20(24)21-18(17)14-8-9-27-12-14/h5-10,12,18H,4,11H2,1-3H3,(H,21,24)/t18-/m0/s1. The van der Waals surface area contributed by atoms with Crippen LogP contribution in [0.4, 0.5) is 4.79 Å². The van der Waals surface area contributed by atoms with Crippen molar-refractivity contribution in [2.45, 2.75) is 19.9 Å². The summed E-state index contributed by atoms with van der Waals surface area (Å²) in [6, 6.07) is 8.66. The van der Waals surface area contributed by atoms with Gasteiger partial charge in [0.25, 0.3) is 0 Å². The van der Waals surface area contributed by atoms with Crippen LogP contribution in [0.2, 0.25) is 0 Å². The molecule has 0 bridgehead atoms. The first-order valence-electron chi connectivity index (χ1n) is 8.67. The van der Waals surface area contributed by atoms with Crippen LogP contribution in [0.3, 0.4) is 0 Å². The highest BCUT2D eigenvalue weighted by atomic mass is 32.1. The van der Waals surface area contributed by atoms with E-state index in [2.05, 4.69) is 5.32 Å². The lowest BCUT2D eigenvalue weighted by atomic mass is 9.97. The predicted molar refractivity (Wildman–Crippen MR) is 104 cm³/mol. The minimum absolute atomic E-state index is 0.0855. The largest absolute Gasteiger partial charge is 0.487 e. The molecule has 27 heavy (non-hydrogen) atoms. The molecule has 0 radical (unpaired) electrons. The fraction of sp³-hybridized carbons (Fsp3) is 0.300. The molecule has 0 fully saturated rings. The summed E-state index contributed by atoms with van der Waals surface area (Å²) in [4.78, 5) is 26.6. The van der Waals surface area contributed by atoms with Crippen LogP contribution in [0.1, 0.15) is 24.1 Å². The minimum Gasteiger partial charge on any atom is -0.487 e. The van der Waals surface area contributed by atoms with Crippen LogP contribution in [-0.4, -0.2) is 37.2 Å². The van der Waals surface area contributed by atoms with Crippen LogP contribution in [0.5, 0.6) is 5.75 Å². The van der Waals surface area contributed by atoms with Crippen molar-refractivity contribution >= 4 is 23.3 Å². The Morgan fingerprint density at radius 3 is 2.81 bits per heavy atom. The number of nitrogens with one attached hydrogen (secondary N) is 1. The first kappa shape index (κ1) is 19.0. The first-order valence-corrected chi connectivity index (χ1v) is 9.61. The van der Waals surface area contributed by atoms with Crippen LogP contribution in [0, 0.1) is 6.92 Å². The number of hydrogen-bond acceptors (Lipinski definition) is 5. The van der Waals surface area contributed by atoms with Gasteiger partial charge in [0, 0.05) is 7.05 Å². The smallest absolute Gasteiger partial charge is 0.338 e. The van der Waals surface area contributed by atoms with Crippen LogP contribution < -0.4 is 10.1 Å². The maximum atomic E-state index is 12.7. The number of carbonyl (C=O) groups is 2. The number of aryl methyl sites for hydroxylation is 1. The lowest BCUT2D eigenvalue weighted by molar-refractivity contribution is -0.139. The second kappa shape index (κ2) is 8.26. The van der Waals surface area contributed by atoms with E-state index in [4.69, 9.17) is 9.47 Å². The minimum atomic E-state index is -0.560. The van der Waals surface area contributed by atoms with Crippen molar-refractivity contribution in [3.05, 3.63) is 63.5 Å². The Morgan fingerprint density at radius 1 is 1.33 bits per heavy atom. The molecular weight excluding hydrogens is 364 g/mol. The maximum Gasteiger partial charge on any atom is 0.338 e. The third kappa shape index (κ3) is 4.14. The summed E-state index contributed by atoms with van der Waals surface area (Å²) in [6.45, 7) is 4.07. The molecule has 0 aliphatic carbocycles. The van der Waals surface area contributed by atoms with E-state index in [1.165, 1.54) is 16.2 Å². The highest BCUT2D eigenvalue weighted by molar-refractivity contribution is 7.08. The highest BCUT2D eigenvalue weighted by Gasteiger charge is 2.37.